The van der Waals surface area contributed by atoms with Crippen molar-refractivity contribution in [1.29, 1.82) is 0 Å². The van der Waals surface area contributed by atoms with Crippen LogP contribution in [0.2, 0.25) is 0 Å². The number of nitro benzene ring substituents is 1. The van der Waals surface area contributed by atoms with Gasteiger partial charge in [0, 0.05) is 18.6 Å². The van der Waals surface area contributed by atoms with Crippen molar-refractivity contribution in [3.8, 4) is 0 Å². The molecule has 0 atom stereocenters. The smallest absolute Gasteiger partial charge is 0.347 e. The highest BCUT2D eigenvalue weighted by Gasteiger charge is 2.14. The molecule has 2 aromatic rings. The summed E-state index contributed by atoms with van der Waals surface area (Å²) in [6.07, 6.45) is 0.389. The highest BCUT2D eigenvalue weighted by Crippen LogP contribution is 2.22. The molecule has 19 heavy (non-hydrogen) atoms. The fraction of sp³-hybridized carbons (Fsp3) is 0.167. The zero-order chi connectivity index (χ0) is 14.0. The minimum Gasteiger partial charge on any atom is -0.477 e. The van der Waals surface area contributed by atoms with E-state index in [9.17, 15) is 14.9 Å². The van der Waals surface area contributed by atoms with E-state index in [1.165, 1.54) is 12.1 Å². The molecule has 0 amide bonds. The number of nitro groups is 1. The molecule has 1 aromatic heterocycles. The second-order valence-corrected chi connectivity index (χ2v) is 5.01. The number of aryl methyl sites for hydroxylation is 1. The molecule has 0 spiro atoms. The number of hydrogen-bond donors (Lipinski definition) is 1. The first-order valence-corrected chi connectivity index (χ1v) is 6.22. The average Bonchev–Trinajstić information content (AvgIpc) is 2.70. The van der Waals surface area contributed by atoms with Crippen LogP contribution in [0.5, 0.6) is 0 Å². The summed E-state index contributed by atoms with van der Waals surface area (Å²) in [5.41, 5.74) is 1.22. The first-order chi connectivity index (χ1) is 8.97. The molecule has 0 aliphatic heterocycles. The first kappa shape index (κ1) is 13.2. The van der Waals surface area contributed by atoms with E-state index in [-0.39, 0.29) is 10.6 Å². The zero-order valence-electron chi connectivity index (χ0n) is 9.99. The Morgan fingerprint density at radius 3 is 2.84 bits per heavy atom. The zero-order valence-corrected chi connectivity index (χ0v) is 10.8. The third kappa shape index (κ3) is 2.94. The Labute approximate surface area is 112 Å². The molecule has 98 valence electrons. The van der Waals surface area contributed by atoms with Gasteiger partial charge in [0.25, 0.3) is 5.69 Å². The predicted octanol–water partition coefficient (Wildman–Crippen LogP) is 2.65. The lowest BCUT2D eigenvalue weighted by Crippen LogP contribution is -1.94. The lowest BCUT2D eigenvalue weighted by atomic mass is 10.1. The van der Waals surface area contributed by atoms with Gasteiger partial charge in [-0.2, -0.15) is 0 Å². The van der Waals surface area contributed by atoms with Crippen molar-refractivity contribution in [3.63, 3.8) is 0 Å². The Morgan fingerprint density at radius 2 is 2.26 bits per heavy atom. The van der Waals surface area contributed by atoms with Gasteiger partial charge < -0.3 is 5.11 Å². The highest BCUT2D eigenvalue weighted by molar-refractivity contribution is 7.13. The third-order valence-electron chi connectivity index (χ3n) is 2.51. The molecule has 0 aliphatic rings. The number of thiazole rings is 1. The summed E-state index contributed by atoms with van der Waals surface area (Å²) in [6, 6.07) is 6.24. The number of carboxylic acid groups (broad SMARTS) is 1. The minimum absolute atomic E-state index is 0.0178. The van der Waals surface area contributed by atoms with E-state index in [1.807, 2.05) is 0 Å². The van der Waals surface area contributed by atoms with Crippen LogP contribution in [0, 0.1) is 17.0 Å². The van der Waals surface area contributed by atoms with Crippen LogP contribution in [0.25, 0.3) is 0 Å². The van der Waals surface area contributed by atoms with Crippen LogP contribution in [0.15, 0.2) is 24.3 Å². The lowest BCUT2D eigenvalue weighted by Gasteiger charge is -1.97. The van der Waals surface area contributed by atoms with Crippen LogP contribution >= 0.6 is 11.3 Å². The van der Waals surface area contributed by atoms with Gasteiger partial charge in [0.05, 0.1) is 15.6 Å². The van der Waals surface area contributed by atoms with Crippen LogP contribution in [0.4, 0.5) is 5.69 Å². The number of aromatic nitrogens is 1. The van der Waals surface area contributed by atoms with E-state index in [0.29, 0.717) is 17.1 Å². The van der Waals surface area contributed by atoms with Gasteiger partial charge in [-0.3, -0.25) is 10.1 Å². The Hall–Kier alpha value is -2.28. The van der Waals surface area contributed by atoms with E-state index >= 15 is 0 Å². The van der Waals surface area contributed by atoms with Gasteiger partial charge in [-0.25, -0.2) is 9.78 Å². The molecule has 0 saturated heterocycles. The minimum atomic E-state index is -1.000. The molecule has 7 heteroatoms. The maximum Gasteiger partial charge on any atom is 0.347 e. The summed E-state index contributed by atoms with van der Waals surface area (Å²) < 4.78 is 0. The molecule has 1 heterocycles. The van der Waals surface area contributed by atoms with E-state index in [0.717, 1.165) is 16.9 Å². The SMILES string of the molecule is Cc1nc(Cc2cccc([N+](=O)[O-])c2)sc1C(=O)O. The Morgan fingerprint density at radius 1 is 1.53 bits per heavy atom. The molecule has 2 rings (SSSR count). The second-order valence-electron chi connectivity index (χ2n) is 3.93. The fourth-order valence-electron chi connectivity index (χ4n) is 1.68. The third-order valence-corrected chi connectivity index (χ3v) is 3.66. The van der Waals surface area contributed by atoms with Crippen LogP contribution < -0.4 is 0 Å². The van der Waals surface area contributed by atoms with Crippen LogP contribution in [0.3, 0.4) is 0 Å². The van der Waals surface area contributed by atoms with Crippen molar-refractivity contribution in [2.75, 3.05) is 0 Å². The van der Waals surface area contributed by atoms with Crippen LogP contribution in [0.1, 0.15) is 25.9 Å². The summed E-state index contributed by atoms with van der Waals surface area (Å²) in [5, 5.41) is 20.2. The summed E-state index contributed by atoms with van der Waals surface area (Å²) in [7, 11) is 0. The number of hydrogen-bond acceptors (Lipinski definition) is 5. The predicted molar refractivity (Wildman–Crippen MR) is 69.7 cm³/mol. The second kappa shape index (κ2) is 5.15. The number of carboxylic acids is 1. The van der Waals surface area contributed by atoms with Gasteiger partial charge in [0.2, 0.25) is 0 Å². The maximum absolute atomic E-state index is 10.9. The quantitative estimate of drug-likeness (QED) is 0.685. The van der Waals surface area contributed by atoms with Crippen LogP contribution in [-0.2, 0) is 6.42 Å². The Balaban J connectivity index is 2.26. The topological polar surface area (TPSA) is 93.3 Å². The summed E-state index contributed by atoms with van der Waals surface area (Å²) in [5.74, 6) is -1.000. The van der Waals surface area contributed by atoms with Gasteiger partial charge in [-0.05, 0) is 12.5 Å². The number of rotatable bonds is 4. The lowest BCUT2D eigenvalue weighted by molar-refractivity contribution is -0.384. The molecule has 0 fully saturated rings. The van der Waals surface area contributed by atoms with Gasteiger partial charge in [0.15, 0.2) is 0 Å². The molecule has 0 bridgehead atoms. The molecular weight excluding hydrogens is 268 g/mol. The largest absolute Gasteiger partial charge is 0.477 e. The van der Waals surface area contributed by atoms with Gasteiger partial charge >= 0.3 is 5.97 Å². The number of carbonyl (C=O) groups is 1. The van der Waals surface area contributed by atoms with Gasteiger partial charge in [-0.1, -0.05) is 12.1 Å². The van der Waals surface area contributed by atoms with E-state index < -0.39 is 10.9 Å². The molecule has 0 radical (unpaired) electrons. The highest BCUT2D eigenvalue weighted by atomic mass is 32.1. The van der Waals surface area contributed by atoms with Crippen molar-refractivity contribution >= 4 is 23.0 Å². The van der Waals surface area contributed by atoms with Gasteiger partial charge in [0.1, 0.15) is 4.88 Å². The van der Waals surface area contributed by atoms with Crippen molar-refractivity contribution in [3.05, 3.63) is 55.5 Å². The number of non-ortho nitro benzene ring substituents is 1. The van der Waals surface area contributed by atoms with Crippen molar-refractivity contribution < 1.29 is 14.8 Å². The Kier molecular flexibility index (Phi) is 3.57. The number of aromatic carboxylic acids is 1. The molecule has 1 N–H and O–H groups in total. The molecule has 6 nitrogen and oxygen atoms in total. The van der Waals surface area contributed by atoms with Crippen molar-refractivity contribution in [2.24, 2.45) is 0 Å². The normalized spacial score (nSPS) is 10.4. The molecule has 0 aliphatic carbocycles. The standard InChI is InChI=1S/C12H10N2O4S/c1-7-11(12(15)16)19-10(13-7)6-8-3-2-4-9(5-8)14(17)18/h2-5H,6H2,1H3,(H,15,16). The van der Waals surface area contributed by atoms with Crippen molar-refractivity contribution in [1.82, 2.24) is 4.98 Å². The Bertz CT molecular complexity index is 651. The van der Waals surface area contributed by atoms with E-state index in [1.54, 1.807) is 19.1 Å². The molecular formula is C12H10N2O4S. The maximum atomic E-state index is 10.9. The summed E-state index contributed by atoms with van der Waals surface area (Å²) in [4.78, 5) is 25.5. The monoisotopic (exact) mass is 278 g/mol. The van der Waals surface area contributed by atoms with E-state index in [4.69, 9.17) is 5.11 Å². The number of nitrogens with zero attached hydrogens (tertiary/aromatic N) is 2. The van der Waals surface area contributed by atoms with E-state index in [2.05, 4.69) is 4.98 Å². The van der Waals surface area contributed by atoms with Crippen molar-refractivity contribution in [2.45, 2.75) is 13.3 Å². The average molecular weight is 278 g/mol. The first-order valence-electron chi connectivity index (χ1n) is 5.40. The fourth-order valence-corrected chi connectivity index (χ4v) is 2.62. The molecule has 0 unspecified atom stereocenters. The van der Waals surface area contributed by atoms with Gasteiger partial charge in [-0.15, -0.1) is 11.3 Å². The number of benzene rings is 1. The summed E-state index contributed by atoms with van der Waals surface area (Å²) >= 11 is 1.10. The molecule has 0 saturated carbocycles. The summed E-state index contributed by atoms with van der Waals surface area (Å²) in [6.45, 7) is 1.64. The van der Waals surface area contributed by atoms with Crippen LogP contribution in [-0.4, -0.2) is 21.0 Å². The molecule has 1 aromatic carbocycles.